The smallest absolute Gasteiger partial charge is 0.266 e. The summed E-state index contributed by atoms with van der Waals surface area (Å²) >= 11 is 5.64. The van der Waals surface area contributed by atoms with Gasteiger partial charge in [0, 0.05) is 25.0 Å². The molecule has 3 N–H and O–H groups in total. The molecule has 2 rings (SSSR count). The van der Waals surface area contributed by atoms with Crippen LogP contribution >= 0.6 is 11.6 Å². The number of alkyl halides is 1. The number of rotatable bonds is 14. The van der Waals surface area contributed by atoms with Crippen LogP contribution in [0, 0.1) is 0 Å². The van der Waals surface area contributed by atoms with Crippen molar-refractivity contribution in [1.29, 1.82) is 0 Å². The van der Waals surface area contributed by atoms with Crippen molar-refractivity contribution in [2.45, 2.75) is 56.4 Å². The molecule has 180 valence electrons. The van der Waals surface area contributed by atoms with E-state index in [0.717, 1.165) is 37.7 Å². The Bertz CT molecular complexity index is 996. The number of carbonyl (C=O) groups excluding carboxylic acids is 2. The quantitative estimate of drug-likeness (QED) is 0.273. The molecule has 0 spiro atoms. The van der Waals surface area contributed by atoms with Crippen LogP contribution in [0.1, 0.15) is 60.1 Å². The first-order chi connectivity index (χ1) is 15.9. The van der Waals surface area contributed by atoms with Crippen molar-refractivity contribution in [2.75, 3.05) is 12.4 Å². The van der Waals surface area contributed by atoms with E-state index in [0.29, 0.717) is 31.0 Å². The molecule has 0 fully saturated rings. The average molecular weight is 496 g/mol. The number of nitrogens with one attached hydrogen (secondary N) is 2. The third-order valence-corrected chi connectivity index (χ3v) is 6.60. The molecular weight excluding hydrogens is 466 g/mol. The van der Waals surface area contributed by atoms with E-state index in [4.69, 9.17) is 16.7 Å². The number of hydrogen-bond acceptors (Lipinski definition) is 6. The monoisotopic (exact) mass is 495 g/mol. The molecule has 0 aliphatic heterocycles. The van der Waals surface area contributed by atoms with Crippen molar-refractivity contribution in [2.24, 2.45) is 0 Å². The van der Waals surface area contributed by atoms with Gasteiger partial charge in [-0.05, 0) is 49.1 Å². The van der Waals surface area contributed by atoms with E-state index in [1.807, 2.05) is 4.72 Å². The van der Waals surface area contributed by atoms with E-state index >= 15 is 0 Å². The van der Waals surface area contributed by atoms with Gasteiger partial charge in [0.2, 0.25) is 5.91 Å². The zero-order chi connectivity index (χ0) is 24.1. The van der Waals surface area contributed by atoms with Gasteiger partial charge >= 0.3 is 0 Å². The minimum absolute atomic E-state index is 0.00997. The zero-order valence-electron chi connectivity index (χ0n) is 18.4. The van der Waals surface area contributed by atoms with Gasteiger partial charge in [0.25, 0.3) is 15.9 Å². The zero-order valence-corrected chi connectivity index (χ0v) is 20.0. The van der Waals surface area contributed by atoms with Crippen molar-refractivity contribution in [1.82, 2.24) is 15.0 Å². The Labute approximate surface area is 199 Å². The van der Waals surface area contributed by atoms with E-state index in [-0.39, 0.29) is 23.0 Å². The summed E-state index contributed by atoms with van der Waals surface area (Å²) in [4.78, 5) is 27.9. The Balaban J connectivity index is 1.77. The first-order valence-corrected chi connectivity index (χ1v) is 12.9. The normalized spacial score (nSPS) is 11.2. The lowest BCUT2D eigenvalue weighted by atomic mass is 10.1. The van der Waals surface area contributed by atoms with Crippen molar-refractivity contribution in [3.8, 4) is 0 Å². The number of aliphatic hydroxyl groups is 1. The summed E-state index contributed by atoms with van der Waals surface area (Å²) in [5.74, 6) is -0.117. The molecular formula is C23H30ClN3O5S. The highest BCUT2D eigenvalue weighted by Crippen LogP contribution is 2.12. The maximum Gasteiger partial charge on any atom is 0.266 e. The number of halogens is 1. The van der Waals surface area contributed by atoms with E-state index in [2.05, 4.69) is 10.3 Å². The average Bonchev–Trinajstić information content (AvgIpc) is 2.81. The van der Waals surface area contributed by atoms with Crippen LogP contribution in [0.25, 0.3) is 0 Å². The van der Waals surface area contributed by atoms with Crippen molar-refractivity contribution in [3.63, 3.8) is 0 Å². The molecule has 0 atom stereocenters. The Morgan fingerprint density at radius 1 is 0.970 bits per heavy atom. The summed E-state index contributed by atoms with van der Waals surface area (Å²) in [6.07, 6.45) is 7.33. The number of aliphatic hydroxyl groups excluding tert-OH is 1. The Kier molecular flexibility index (Phi) is 11.3. The fraction of sp³-hybridized carbons (Fsp3) is 0.435. The lowest BCUT2D eigenvalue weighted by molar-refractivity contribution is -0.121. The van der Waals surface area contributed by atoms with Crippen LogP contribution in [0.4, 0.5) is 0 Å². The topological polar surface area (TPSA) is 125 Å². The van der Waals surface area contributed by atoms with E-state index in [1.54, 1.807) is 12.1 Å². The molecule has 33 heavy (non-hydrogen) atoms. The van der Waals surface area contributed by atoms with Crippen molar-refractivity contribution < 1.29 is 23.1 Å². The molecule has 1 aromatic carbocycles. The number of sulfonamides is 1. The van der Waals surface area contributed by atoms with Gasteiger partial charge in [0.05, 0.1) is 22.8 Å². The van der Waals surface area contributed by atoms with Gasteiger partial charge in [-0.2, -0.15) is 0 Å². The summed E-state index contributed by atoms with van der Waals surface area (Å²) in [6, 6.07) is 8.97. The predicted molar refractivity (Wildman–Crippen MR) is 126 cm³/mol. The number of unbranched alkanes of at least 4 members (excludes halogenated alkanes) is 4. The molecule has 1 heterocycles. The molecule has 2 amide bonds. The maximum atomic E-state index is 12.5. The standard InChI is InChI=1S/C23H30ClN3O5S/c24-14-5-3-1-2-4-6-22(29)25-15-13-18-7-11-21(12-8-18)33(31,32)27-23(30)19-9-10-20(17-28)26-16-19/h7-12,16,28H,1-6,13-15,17H2,(H,25,29)(H,27,30). The molecule has 1 aromatic heterocycles. The molecule has 2 aromatic rings. The third kappa shape index (κ3) is 9.49. The van der Waals surface area contributed by atoms with Gasteiger partial charge in [0.15, 0.2) is 0 Å². The van der Waals surface area contributed by atoms with E-state index in [9.17, 15) is 18.0 Å². The van der Waals surface area contributed by atoms with Gasteiger partial charge in [-0.15, -0.1) is 11.6 Å². The van der Waals surface area contributed by atoms with Crippen LogP contribution in [0.3, 0.4) is 0 Å². The van der Waals surface area contributed by atoms with Crippen LogP contribution in [0.5, 0.6) is 0 Å². The summed E-state index contributed by atoms with van der Waals surface area (Å²) in [5.41, 5.74) is 1.31. The number of pyridine rings is 1. The summed E-state index contributed by atoms with van der Waals surface area (Å²) in [7, 11) is -4.05. The van der Waals surface area contributed by atoms with Gasteiger partial charge in [-0.3, -0.25) is 14.6 Å². The maximum absolute atomic E-state index is 12.5. The SMILES string of the molecule is O=C(CCCCCCCCl)NCCc1ccc(S(=O)(=O)NC(=O)c2ccc(CO)nc2)cc1. The van der Waals surface area contributed by atoms with Crippen LogP contribution in [0.15, 0.2) is 47.5 Å². The largest absolute Gasteiger partial charge is 0.390 e. The van der Waals surface area contributed by atoms with Crippen molar-refractivity contribution in [3.05, 3.63) is 59.4 Å². The van der Waals surface area contributed by atoms with E-state index in [1.165, 1.54) is 30.5 Å². The highest BCUT2D eigenvalue weighted by atomic mass is 35.5. The van der Waals surface area contributed by atoms with Gasteiger partial charge in [0.1, 0.15) is 0 Å². The fourth-order valence-corrected chi connectivity index (χ4v) is 4.24. The molecule has 0 radical (unpaired) electrons. The highest BCUT2D eigenvalue weighted by molar-refractivity contribution is 7.90. The van der Waals surface area contributed by atoms with Crippen LogP contribution in [-0.4, -0.2) is 42.7 Å². The van der Waals surface area contributed by atoms with Crippen LogP contribution in [-0.2, 0) is 27.8 Å². The molecule has 0 aliphatic carbocycles. The van der Waals surface area contributed by atoms with Gasteiger partial charge < -0.3 is 10.4 Å². The number of hydrogen-bond donors (Lipinski definition) is 3. The minimum atomic E-state index is -4.05. The third-order valence-electron chi connectivity index (χ3n) is 4.98. The number of carbonyl (C=O) groups is 2. The fourth-order valence-electron chi connectivity index (χ4n) is 3.07. The number of benzene rings is 1. The Morgan fingerprint density at radius 3 is 2.30 bits per heavy atom. The second kappa shape index (κ2) is 13.9. The molecule has 8 nitrogen and oxygen atoms in total. The van der Waals surface area contributed by atoms with Gasteiger partial charge in [-0.25, -0.2) is 13.1 Å². The number of aromatic nitrogens is 1. The molecule has 10 heteroatoms. The van der Waals surface area contributed by atoms with Crippen LogP contribution in [0.2, 0.25) is 0 Å². The predicted octanol–water partition coefficient (Wildman–Crippen LogP) is 2.93. The van der Waals surface area contributed by atoms with Crippen molar-refractivity contribution >= 4 is 33.4 Å². The molecule has 0 aliphatic rings. The minimum Gasteiger partial charge on any atom is -0.390 e. The highest BCUT2D eigenvalue weighted by Gasteiger charge is 2.19. The second-order valence-corrected chi connectivity index (χ2v) is 9.64. The summed E-state index contributed by atoms with van der Waals surface area (Å²) < 4.78 is 27.0. The lowest BCUT2D eigenvalue weighted by Gasteiger charge is -2.09. The molecule has 0 saturated carbocycles. The summed E-state index contributed by atoms with van der Waals surface area (Å²) in [5, 5.41) is 11.9. The summed E-state index contributed by atoms with van der Waals surface area (Å²) in [6.45, 7) is 0.191. The lowest BCUT2D eigenvalue weighted by Crippen LogP contribution is -2.30. The number of nitrogens with zero attached hydrogens (tertiary/aromatic N) is 1. The number of amides is 2. The Hall–Kier alpha value is -2.49. The molecule has 0 unspecified atom stereocenters. The first-order valence-electron chi connectivity index (χ1n) is 10.9. The second-order valence-electron chi connectivity index (χ2n) is 7.58. The molecule has 0 bridgehead atoms. The van der Waals surface area contributed by atoms with Gasteiger partial charge in [-0.1, -0.05) is 31.4 Å². The Morgan fingerprint density at radius 2 is 1.67 bits per heavy atom. The first kappa shape index (κ1) is 26.8. The van der Waals surface area contributed by atoms with Crippen LogP contribution < -0.4 is 10.0 Å². The van der Waals surface area contributed by atoms with E-state index < -0.39 is 15.9 Å². The molecule has 0 saturated heterocycles.